The van der Waals surface area contributed by atoms with Gasteiger partial charge in [0.25, 0.3) is 0 Å². The van der Waals surface area contributed by atoms with Crippen LogP contribution in [0, 0.1) is 17.6 Å². The molecule has 1 heterocycles. The summed E-state index contributed by atoms with van der Waals surface area (Å²) in [4.78, 5) is 2.01. The van der Waals surface area contributed by atoms with Crippen LogP contribution in [0.3, 0.4) is 0 Å². The number of nitrogens with zero attached hydrogens (tertiary/aromatic N) is 1. The topological polar surface area (TPSA) is 73.2 Å². The molecule has 1 aliphatic carbocycles. The van der Waals surface area contributed by atoms with E-state index in [4.69, 9.17) is 4.74 Å². The number of benzene rings is 2. The van der Waals surface area contributed by atoms with E-state index in [1.54, 1.807) is 12.1 Å². The number of phenolic OH excluding ortho intramolecular Hbond substituents is 1. The van der Waals surface area contributed by atoms with Crippen LogP contribution in [0.15, 0.2) is 42.5 Å². The van der Waals surface area contributed by atoms with Crippen molar-refractivity contribution in [1.82, 2.24) is 4.90 Å². The predicted octanol–water partition coefficient (Wildman–Crippen LogP) is 2.61. The fraction of sp³-hybridized carbons (Fsp3) is 0.429. The zero-order valence-electron chi connectivity index (χ0n) is 15.3. The van der Waals surface area contributed by atoms with Gasteiger partial charge >= 0.3 is 0 Å². The molecule has 1 saturated carbocycles. The first kappa shape index (κ1) is 19.1. The number of hydrogen-bond acceptors (Lipinski definition) is 5. The van der Waals surface area contributed by atoms with Gasteiger partial charge in [-0.3, -0.25) is 4.90 Å². The van der Waals surface area contributed by atoms with Gasteiger partial charge in [0.1, 0.15) is 17.7 Å². The molecule has 28 heavy (non-hydrogen) atoms. The van der Waals surface area contributed by atoms with Crippen molar-refractivity contribution in [1.29, 1.82) is 0 Å². The highest BCUT2D eigenvalue weighted by Gasteiger charge is 2.52. The molecule has 3 N–H and O–H groups in total. The number of likely N-dealkylation sites (tertiary alicyclic amines) is 1. The zero-order valence-corrected chi connectivity index (χ0v) is 15.3. The van der Waals surface area contributed by atoms with Gasteiger partial charge in [-0.05, 0) is 36.2 Å². The molecule has 2 aromatic rings. The first-order valence-corrected chi connectivity index (χ1v) is 9.36. The van der Waals surface area contributed by atoms with Crippen LogP contribution in [0.5, 0.6) is 11.5 Å². The second-order valence-corrected chi connectivity index (χ2v) is 7.86. The number of fused-ring (bicyclic) bond motifs is 1. The molecule has 7 heteroatoms. The SMILES string of the molecule is Oc1ccc([C@H](O)CN2C[C@H]3C[C@H](Oc4ccc(F)cc4F)C[C@@]3(O)C2)cc1. The zero-order chi connectivity index (χ0) is 19.9. The summed E-state index contributed by atoms with van der Waals surface area (Å²) in [7, 11) is 0. The summed E-state index contributed by atoms with van der Waals surface area (Å²) in [6.45, 7) is 1.39. The number of phenols is 1. The molecule has 0 unspecified atom stereocenters. The average molecular weight is 391 g/mol. The highest BCUT2D eigenvalue weighted by molar-refractivity contribution is 5.28. The maximum absolute atomic E-state index is 13.8. The summed E-state index contributed by atoms with van der Waals surface area (Å²) in [5.41, 5.74) is -0.245. The van der Waals surface area contributed by atoms with E-state index in [1.165, 1.54) is 18.2 Å². The normalized spacial score (nSPS) is 28.3. The maximum atomic E-state index is 13.8. The van der Waals surface area contributed by atoms with Gasteiger partial charge in [-0.1, -0.05) is 12.1 Å². The predicted molar refractivity (Wildman–Crippen MR) is 98.0 cm³/mol. The van der Waals surface area contributed by atoms with Crippen LogP contribution in [0.1, 0.15) is 24.5 Å². The molecule has 0 spiro atoms. The third kappa shape index (κ3) is 3.83. The molecule has 4 rings (SSSR count). The Morgan fingerprint density at radius 2 is 1.93 bits per heavy atom. The standard InChI is InChI=1S/C21H23F2NO4/c22-15-3-6-20(18(23)8-15)28-17-7-14-10-24(12-21(14,27)9-17)11-19(26)13-1-4-16(25)5-2-13/h1-6,8,14,17,19,25-27H,7,9-12H2/t14-,17+,19-,21-/m1/s1. The first-order valence-electron chi connectivity index (χ1n) is 9.36. The Morgan fingerprint density at radius 3 is 2.61 bits per heavy atom. The summed E-state index contributed by atoms with van der Waals surface area (Å²) >= 11 is 0. The van der Waals surface area contributed by atoms with E-state index < -0.39 is 23.3 Å². The molecule has 0 bridgehead atoms. The largest absolute Gasteiger partial charge is 0.508 e. The van der Waals surface area contributed by atoms with Gasteiger partial charge in [0.2, 0.25) is 0 Å². The lowest BCUT2D eigenvalue weighted by molar-refractivity contribution is 0.0175. The van der Waals surface area contributed by atoms with Crippen LogP contribution < -0.4 is 4.74 Å². The van der Waals surface area contributed by atoms with Crippen LogP contribution in [-0.2, 0) is 0 Å². The van der Waals surface area contributed by atoms with Crippen molar-refractivity contribution in [3.05, 3.63) is 59.7 Å². The molecule has 0 aromatic heterocycles. The summed E-state index contributed by atoms with van der Waals surface area (Å²) in [5.74, 6) is -1.30. The first-order chi connectivity index (χ1) is 13.3. The highest BCUT2D eigenvalue weighted by Crippen LogP contribution is 2.43. The van der Waals surface area contributed by atoms with E-state index >= 15 is 0 Å². The third-order valence-electron chi connectivity index (χ3n) is 5.76. The van der Waals surface area contributed by atoms with Crippen molar-refractivity contribution in [3.8, 4) is 11.5 Å². The van der Waals surface area contributed by atoms with Gasteiger partial charge in [0, 0.05) is 38.0 Å². The van der Waals surface area contributed by atoms with Crippen molar-refractivity contribution < 1.29 is 28.8 Å². The lowest BCUT2D eigenvalue weighted by atomic mass is 9.95. The summed E-state index contributed by atoms with van der Waals surface area (Å²) in [5, 5.41) is 30.8. The minimum atomic E-state index is -0.949. The molecule has 0 radical (unpaired) electrons. The lowest BCUT2D eigenvalue weighted by Gasteiger charge is -2.25. The Kier molecular flexibility index (Phi) is 4.99. The molecule has 2 fully saturated rings. The second-order valence-electron chi connectivity index (χ2n) is 7.86. The van der Waals surface area contributed by atoms with Gasteiger partial charge in [0.15, 0.2) is 11.6 Å². The van der Waals surface area contributed by atoms with Crippen molar-refractivity contribution in [2.75, 3.05) is 19.6 Å². The molecule has 150 valence electrons. The smallest absolute Gasteiger partial charge is 0.167 e. The Morgan fingerprint density at radius 1 is 1.18 bits per heavy atom. The maximum Gasteiger partial charge on any atom is 0.167 e. The molecule has 2 aromatic carbocycles. The van der Waals surface area contributed by atoms with Gasteiger partial charge in [-0.25, -0.2) is 8.78 Å². The quantitative estimate of drug-likeness (QED) is 0.731. The molecule has 5 nitrogen and oxygen atoms in total. The van der Waals surface area contributed by atoms with Crippen LogP contribution in [0.25, 0.3) is 0 Å². The molecule has 2 aliphatic rings. The number of hydrogen-bond donors (Lipinski definition) is 3. The molecule has 1 saturated heterocycles. The summed E-state index contributed by atoms with van der Waals surface area (Å²) < 4.78 is 32.5. The number of β-amino-alcohol motifs (C(OH)–C–C–N with tert-alkyl or cyclic N) is 2. The number of ether oxygens (including phenoxy) is 1. The second kappa shape index (κ2) is 7.31. The number of halogens is 2. The number of aliphatic hydroxyl groups excluding tert-OH is 1. The van der Waals surface area contributed by atoms with Gasteiger partial charge in [-0.2, -0.15) is 0 Å². The van der Waals surface area contributed by atoms with Gasteiger partial charge < -0.3 is 20.1 Å². The fourth-order valence-corrected chi connectivity index (χ4v) is 4.41. The Labute approximate surface area is 161 Å². The van der Waals surface area contributed by atoms with Crippen LogP contribution in [0.4, 0.5) is 8.78 Å². The summed E-state index contributed by atoms with van der Waals surface area (Å²) in [6, 6.07) is 9.60. The third-order valence-corrected chi connectivity index (χ3v) is 5.76. The minimum absolute atomic E-state index is 0.00502. The lowest BCUT2D eigenvalue weighted by Crippen LogP contribution is -2.36. The van der Waals surface area contributed by atoms with E-state index in [-0.39, 0.29) is 23.5 Å². The molecular weight excluding hydrogens is 368 g/mol. The van der Waals surface area contributed by atoms with Gasteiger partial charge in [0.05, 0.1) is 11.7 Å². The van der Waals surface area contributed by atoms with E-state index in [0.717, 1.165) is 12.1 Å². The Balaban J connectivity index is 1.35. The van der Waals surface area contributed by atoms with Crippen molar-refractivity contribution in [2.24, 2.45) is 5.92 Å². The highest BCUT2D eigenvalue weighted by atomic mass is 19.1. The van der Waals surface area contributed by atoms with Gasteiger partial charge in [-0.15, -0.1) is 0 Å². The molecule has 0 amide bonds. The monoisotopic (exact) mass is 391 g/mol. The van der Waals surface area contributed by atoms with E-state index in [2.05, 4.69) is 0 Å². The van der Waals surface area contributed by atoms with Crippen molar-refractivity contribution in [2.45, 2.75) is 30.7 Å². The molecule has 4 atom stereocenters. The number of rotatable bonds is 5. The fourth-order valence-electron chi connectivity index (χ4n) is 4.41. The Bertz CT molecular complexity index is 847. The van der Waals surface area contributed by atoms with E-state index in [1.807, 2.05) is 4.90 Å². The number of aromatic hydroxyl groups is 1. The number of aliphatic hydroxyl groups is 2. The van der Waals surface area contributed by atoms with E-state index in [0.29, 0.717) is 38.0 Å². The van der Waals surface area contributed by atoms with E-state index in [9.17, 15) is 24.1 Å². The molecular formula is C21H23F2NO4. The van der Waals surface area contributed by atoms with Crippen LogP contribution in [0.2, 0.25) is 0 Å². The Hall–Kier alpha value is -2.22. The van der Waals surface area contributed by atoms with Crippen molar-refractivity contribution in [3.63, 3.8) is 0 Å². The summed E-state index contributed by atoms with van der Waals surface area (Å²) in [6.07, 6.45) is -0.123. The molecule has 1 aliphatic heterocycles. The van der Waals surface area contributed by atoms with Crippen LogP contribution >= 0.6 is 0 Å². The average Bonchev–Trinajstić information content (AvgIpc) is 3.08. The van der Waals surface area contributed by atoms with Crippen LogP contribution in [-0.4, -0.2) is 51.6 Å². The van der Waals surface area contributed by atoms with Crippen molar-refractivity contribution >= 4 is 0 Å². The minimum Gasteiger partial charge on any atom is -0.508 e.